The van der Waals surface area contributed by atoms with Gasteiger partial charge in [-0.3, -0.25) is 15.6 Å². The first kappa shape index (κ1) is 35.6. The van der Waals surface area contributed by atoms with Gasteiger partial charge in [0.15, 0.2) is 11.9 Å². The summed E-state index contributed by atoms with van der Waals surface area (Å²) >= 11 is 0. The largest absolute Gasteiger partial charge is 0.377 e. The second kappa shape index (κ2) is 16.9. The van der Waals surface area contributed by atoms with E-state index in [0.29, 0.717) is 50.6 Å². The van der Waals surface area contributed by atoms with E-state index in [1.54, 1.807) is 12.1 Å². The average Bonchev–Trinajstić information content (AvgIpc) is 2.92. The molecule has 14 heteroatoms. The molecule has 0 bridgehead atoms. The van der Waals surface area contributed by atoms with Crippen LogP contribution in [0.4, 0.5) is 5.69 Å². The monoisotopic (exact) mass is 618 g/mol. The summed E-state index contributed by atoms with van der Waals surface area (Å²) in [5.74, 6) is -0.746. The van der Waals surface area contributed by atoms with Gasteiger partial charge in [-0.2, -0.15) is 0 Å². The second-order valence-corrected chi connectivity index (χ2v) is 13.0. The number of hydrogen-bond acceptors (Lipinski definition) is 7. The minimum absolute atomic E-state index is 0.0911. The number of hydrogen-bond donors (Lipinski definition) is 9. The number of carbonyl (C=O) groups is 1. The summed E-state index contributed by atoms with van der Waals surface area (Å²) in [4.78, 5) is 14.3. The first-order valence-electron chi connectivity index (χ1n) is 14.7. The maximum atomic E-state index is 13.7. The van der Waals surface area contributed by atoms with Crippen LogP contribution in [0.1, 0.15) is 52.4 Å². The Kier molecular flexibility index (Phi) is 14.0. The van der Waals surface area contributed by atoms with E-state index in [-0.39, 0.29) is 28.8 Å². The molecule has 240 valence electrons. The predicted molar refractivity (Wildman–Crippen MR) is 175 cm³/mol. The molecule has 1 amide bonds. The lowest BCUT2D eigenvalue weighted by atomic mass is 9.89. The smallest absolute Gasteiger partial charge is 0.241 e. The van der Waals surface area contributed by atoms with Gasteiger partial charge in [0.05, 0.1) is 10.9 Å². The molecule has 2 rings (SSSR count). The van der Waals surface area contributed by atoms with Crippen molar-refractivity contribution in [3.63, 3.8) is 0 Å². The molecular formula is C29H50N10O3S. The fourth-order valence-electron chi connectivity index (χ4n) is 5.32. The molecule has 0 saturated carbocycles. The molecule has 0 fully saturated rings. The van der Waals surface area contributed by atoms with E-state index in [1.807, 2.05) is 57.1 Å². The lowest BCUT2D eigenvalue weighted by molar-refractivity contribution is -0.120. The molecule has 2 unspecified atom stereocenters. The Labute approximate surface area is 255 Å². The van der Waals surface area contributed by atoms with Crippen molar-refractivity contribution in [3.05, 3.63) is 36.4 Å². The summed E-state index contributed by atoms with van der Waals surface area (Å²) in [5, 5.41) is 25.0. The fraction of sp³-hybridized carbons (Fsp3) is 0.552. The summed E-state index contributed by atoms with van der Waals surface area (Å²) in [7, 11) is -0.0317. The van der Waals surface area contributed by atoms with Crippen LogP contribution in [0, 0.1) is 16.7 Å². The first-order valence-corrected chi connectivity index (χ1v) is 16.1. The number of unbranched alkanes of at least 4 members (excludes halogenated alkanes) is 1. The summed E-state index contributed by atoms with van der Waals surface area (Å²) in [5.41, 5.74) is 17.4. The minimum atomic E-state index is -3.88. The summed E-state index contributed by atoms with van der Waals surface area (Å²) in [6, 6.07) is 9.82. The Hall–Kier alpha value is -3.62. The molecule has 12 N–H and O–H groups in total. The standard InChI is InChI=1S/C29H50N10O3S/c1-19(37-24(27(30)40)13-5-6-16-35-28(31)32)18-21(10-9-17-36-29(33)34)20(2)38-43(41,42)26-15-8-11-22-23(26)12-7-14-25(22)39(3)4/h7-8,11-12,14-15,19-21,24,37-38H,5-6,9-10,13,16-18H2,1-4H3,(H2,30,40)(H4,31,32,35)(H4,33,34,36)/t19?,20?,21-,24-/m1/s1. The summed E-state index contributed by atoms with van der Waals surface area (Å²) in [6.07, 6.45) is 3.89. The normalized spacial score (nSPS) is 14.4. The Morgan fingerprint density at radius 2 is 1.49 bits per heavy atom. The molecular weight excluding hydrogens is 568 g/mol. The van der Waals surface area contributed by atoms with Crippen LogP contribution in [0.2, 0.25) is 0 Å². The van der Waals surface area contributed by atoms with Crippen LogP contribution in [-0.4, -0.2) is 71.6 Å². The number of carbonyl (C=O) groups excluding carboxylic acids is 1. The maximum Gasteiger partial charge on any atom is 0.241 e. The Morgan fingerprint density at radius 1 is 0.884 bits per heavy atom. The third kappa shape index (κ3) is 11.5. The third-order valence-electron chi connectivity index (χ3n) is 7.47. The molecule has 0 radical (unpaired) electrons. The fourth-order valence-corrected chi connectivity index (χ4v) is 6.86. The topological polar surface area (TPSA) is 228 Å². The van der Waals surface area contributed by atoms with Gasteiger partial charge in [0, 0.05) is 55.7 Å². The van der Waals surface area contributed by atoms with Crippen LogP contribution >= 0.6 is 0 Å². The van der Waals surface area contributed by atoms with Crippen molar-refractivity contribution in [3.8, 4) is 0 Å². The van der Waals surface area contributed by atoms with E-state index in [4.69, 9.17) is 28.0 Å². The Balaban J connectivity index is 2.19. The molecule has 0 saturated heterocycles. The third-order valence-corrected chi connectivity index (χ3v) is 9.08. The molecule has 0 aliphatic heterocycles. The Morgan fingerprint density at radius 3 is 2.09 bits per heavy atom. The number of rotatable bonds is 19. The molecule has 2 aromatic carbocycles. The van der Waals surface area contributed by atoms with Crippen molar-refractivity contribution in [2.24, 2.45) is 23.1 Å². The maximum absolute atomic E-state index is 13.7. The van der Waals surface area contributed by atoms with Gasteiger partial charge < -0.3 is 38.1 Å². The SMILES string of the molecule is CC(C[C@@H](CCCNC(=N)N)C(C)NS(=O)(=O)c1cccc2c(N(C)C)cccc12)N[C@H](CCCCNC(=N)N)C(N)=O. The van der Waals surface area contributed by atoms with Gasteiger partial charge >= 0.3 is 0 Å². The molecule has 0 aromatic heterocycles. The number of amides is 1. The van der Waals surface area contributed by atoms with Gasteiger partial charge in [0.25, 0.3) is 0 Å². The van der Waals surface area contributed by atoms with E-state index in [9.17, 15) is 13.2 Å². The van der Waals surface area contributed by atoms with Crippen molar-refractivity contribution in [1.82, 2.24) is 20.7 Å². The second-order valence-electron chi connectivity index (χ2n) is 11.3. The highest BCUT2D eigenvalue weighted by atomic mass is 32.2. The van der Waals surface area contributed by atoms with Crippen molar-refractivity contribution >= 4 is 44.3 Å². The molecule has 2 aromatic rings. The van der Waals surface area contributed by atoms with Gasteiger partial charge in [-0.05, 0) is 70.4 Å². The number of nitrogens with one attached hydrogen (secondary N) is 6. The highest BCUT2D eigenvalue weighted by molar-refractivity contribution is 7.89. The van der Waals surface area contributed by atoms with E-state index in [2.05, 4.69) is 20.7 Å². The van der Waals surface area contributed by atoms with Crippen LogP contribution in [-0.2, 0) is 14.8 Å². The van der Waals surface area contributed by atoms with Gasteiger partial charge in [0.1, 0.15) is 0 Å². The predicted octanol–water partition coefficient (Wildman–Crippen LogP) is 1.33. The van der Waals surface area contributed by atoms with E-state index in [0.717, 1.165) is 17.5 Å². The van der Waals surface area contributed by atoms with E-state index >= 15 is 0 Å². The zero-order valence-corrected chi connectivity index (χ0v) is 26.6. The zero-order valence-electron chi connectivity index (χ0n) is 25.7. The average molecular weight is 619 g/mol. The quantitative estimate of drug-likeness (QED) is 0.0627. The van der Waals surface area contributed by atoms with Crippen molar-refractivity contribution in [2.75, 3.05) is 32.1 Å². The van der Waals surface area contributed by atoms with Crippen molar-refractivity contribution < 1.29 is 13.2 Å². The van der Waals surface area contributed by atoms with Gasteiger partial charge in [0.2, 0.25) is 15.9 Å². The number of nitrogens with two attached hydrogens (primary N) is 3. The molecule has 13 nitrogen and oxygen atoms in total. The van der Waals surface area contributed by atoms with Gasteiger partial charge in [-0.15, -0.1) is 0 Å². The van der Waals surface area contributed by atoms with Crippen LogP contribution in [0.15, 0.2) is 41.3 Å². The van der Waals surface area contributed by atoms with Crippen molar-refractivity contribution in [1.29, 1.82) is 10.8 Å². The molecule has 0 aliphatic carbocycles. The molecule has 4 atom stereocenters. The number of primary amides is 1. The zero-order chi connectivity index (χ0) is 32.2. The van der Waals surface area contributed by atoms with E-state index < -0.39 is 28.0 Å². The van der Waals surface area contributed by atoms with Gasteiger partial charge in [-0.25, -0.2) is 13.1 Å². The van der Waals surface area contributed by atoms with Crippen molar-refractivity contribution in [2.45, 2.75) is 75.4 Å². The van der Waals surface area contributed by atoms with Crippen LogP contribution in [0.3, 0.4) is 0 Å². The number of nitrogens with zero attached hydrogens (tertiary/aromatic N) is 1. The molecule has 0 heterocycles. The molecule has 0 spiro atoms. The van der Waals surface area contributed by atoms with E-state index in [1.165, 1.54) is 0 Å². The van der Waals surface area contributed by atoms with Crippen LogP contribution in [0.25, 0.3) is 10.8 Å². The van der Waals surface area contributed by atoms with Crippen LogP contribution < -0.4 is 42.8 Å². The first-order chi connectivity index (χ1) is 20.2. The molecule has 0 aliphatic rings. The van der Waals surface area contributed by atoms with Gasteiger partial charge in [-0.1, -0.05) is 24.3 Å². The lowest BCUT2D eigenvalue weighted by Crippen LogP contribution is -2.47. The Bertz CT molecular complexity index is 1340. The number of fused-ring (bicyclic) bond motifs is 1. The minimum Gasteiger partial charge on any atom is -0.377 e. The number of guanidine groups is 2. The highest BCUT2D eigenvalue weighted by Crippen LogP contribution is 2.31. The number of sulfonamides is 1. The summed E-state index contributed by atoms with van der Waals surface area (Å²) in [6.45, 7) is 4.85. The summed E-state index contributed by atoms with van der Waals surface area (Å²) < 4.78 is 30.4. The molecule has 43 heavy (non-hydrogen) atoms. The number of benzene rings is 2. The lowest BCUT2D eigenvalue weighted by Gasteiger charge is -2.30. The highest BCUT2D eigenvalue weighted by Gasteiger charge is 2.28. The van der Waals surface area contributed by atoms with Crippen LogP contribution in [0.5, 0.6) is 0 Å². The number of anilines is 1.